The van der Waals surface area contributed by atoms with Crippen LogP contribution >= 0.6 is 11.6 Å². The van der Waals surface area contributed by atoms with E-state index < -0.39 is 0 Å². The van der Waals surface area contributed by atoms with Crippen molar-refractivity contribution in [3.8, 4) is 11.6 Å². The van der Waals surface area contributed by atoms with E-state index in [9.17, 15) is 4.79 Å². The Hall–Kier alpha value is -2.80. The van der Waals surface area contributed by atoms with E-state index in [1.165, 1.54) is 0 Å². The summed E-state index contributed by atoms with van der Waals surface area (Å²) in [5.41, 5.74) is 3.47. The Kier molecular flexibility index (Phi) is 5.74. The molecule has 0 aliphatic heterocycles. The van der Waals surface area contributed by atoms with Crippen LogP contribution in [-0.4, -0.2) is 46.3 Å². The number of halogens is 1. The second kappa shape index (κ2) is 8.06. The Labute approximate surface area is 168 Å². The molecule has 0 aliphatic rings. The van der Waals surface area contributed by atoms with Crippen molar-refractivity contribution in [3.05, 3.63) is 46.1 Å². The second-order valence-corrected chi connectivity index (χ2v) is 7.14. The van der Waals surface area contributed by atoms with E-state index in [4.69, 9.17) is 21.1 Å². The lowest BCUT2D eigenvalue weighted by molar-refractivity contribution is -0.132. The number of hydrogen-bond donors (Lipinski definition) is 0. The van der Waals surface area contributed by atoms with Gasteiger partial charge in [0.05, 0.1) is 12.5 Å². The molecule has 148 valence electrons. The molecule has 3 aromatic rings. The fourth-order valence-electron chi connectivity index (χ4n) is 3.10. The van der Waals surface area contributed by atoms with Crippen LogP contribution in [0.15, 0.2) is 24.3 Å². The van der Waals surface area contributed by atoms with Gasteiger partial charge in [-0.3, -0.25) is 4.79 Å². The standard InChI is InChI=1S/C20H23ClN4O3/c1-12-8-13(2)22-19-18(12)20(23-25(19)4)28-11-17(26)24(3)10-14-9-15(21)6-7-16(14)27-5/h6-9H,10-11H2,1-5H3. The van der Waals surface area contributed by atoms with Crippen molar-refractivity contribution in [2.75, 3.05) is 20.8 Å². The number of ether oxygens (including phenoxy) is 2. The zero-order valence-electron chi connectivity index (χ0n) is 16.6. The van der Waals surface area contributed by atoms with Crippen molar-refractivity contribution in [1.82, 2.24) is 19.7 Å². The number of fused-ring (bicyclic) bond motifs is 1. The van der Waals surface area contributed by atoms with Crippen molar-refractivity contribution < 1.29 is 14.3 Å². The monoisotopic (exact) mass is 402 g/mol. The molecule has 0 saturated carbocycles. The Morgan fingerprint density at radius 1 is 1.29 bits per heavy atom. The maximum atomic E-state index is 12.6. The summed E-state index contributed by atoms with van der Waals surface area (Å²) in [7, 11) is 5.10. The molecule has 0 unspecified atom stereocenters. The van der Waals surface area contributed by atoms with E-state index in [0.717, 1.165) is 27.9 Å². The number of hydrogen-bond acceptors (Lipinski definition) is 5. The molecule has 1 aromatic carbocycles. The van der Waals surface area contributed by atoms with Crippen LogP contribution in [-0.2, 0) is 18.4 Å². The number of pyridine rings is 1. The molecule has 2 heterocycles. The van der Waals surface area contributed by atoms with Crippen LogP contribution < -0.4 is 9.47 Å². The lowest BCUT2D eigenvalue weighted by atomic mass is 10.2. The van der Waals surface area contributed by atoms with E-state index in [-0.39, 0.29) is 12.5 Å². The molecule has 0 aliphatic carbocycles. The van der Waals surface area contributed by atoms with E-state index in [0.29, 0.717) is 23.2 Å². The van der Waals surface area contributed by atoms with Crippen molar-refractivity contribution in [3.63, 3.8) is 0 Å². The summed E-state index contributed by atoms with van der Waals surface area (Å²) in [6.07, 6.45) is 0. The summed E-state index contributed by atoms with van der Waals surface area (Å²) < 4.78 is 12.7. The van der Waals surface area contributed by atoms with Gasteiger partial charge in [-0.15, -0.1) is 5.10 Å². The largest absolute Gasteiger partial charge is 0.496 e. The minimum absolute atomic E-state index is 0.126. The number of carbonyl (C=O) groups excluding carboxylic acids is 1. The van der Waals surface area contributed by atoms with Crippen LogP contribution in [0.25, 0.3) is 11.0 Å². The molecule has 3 rings (SSSR count). The zero-order valence-corrected chi connectivity index (χ0v) is 17.4. The third-order valence-electron chi connectivity index (χ3n) is 4.49. The summed E-state index contributed by atoms with van der Waals surface area (Å²) in [4.78, 5) is 18.6. The smallest absolute Gasteiger partial charge is 0.260 e. The average molecular weight is 403 g/mol. The van der Waals surface area contributed by atoms with Crippen molar-refractivity contribution in [2.45, 2.75) is 20.4 Å². The van der Waals surface area contributed by atoms with Gasteiger partial charge in [-0.2, -0.15) is 0 Å². The average Bonchev–Trinajstić information content (AvgIpc) is 2.96. The SMILES string of the molecule is COc1ccc(Cl)cc1CN(C)C(=O)COc1nn(C)c2nc(C)cc(C)c12. The van der Waals surface area contributed by atoms with Crippen LogP contribution in [0.3, 0.4) is 0 Å². The predicted octanol–water partition coefficient (Wildman–Crippen LogP) is 3.28. The van der Waals surface area contributed by atoms with E-state index in [1.807, 2.05) is 19.9 Å². The number of amides is 1. The highest BCUT2D eigenvalue weighted by Crippen LogP contribution is 2.27. The Bertz CT molecular complexity index is 1030. The molecule has 0 N–H and O–H groups in total. The third-order valence-corrected chi connectivity index (χ3v) is 4.73. The van der Waals surface area contributed by atoms with E-state index >= 15 is 0 Å². The minimum atomic E-state index is -0.182. The van der Waals surface area contributed by atoms with Gasteiger partial charge in [-0.25, -0.2) is 9.67 Å². The summed E-state index contributed by atoms with van der Waals surface area (Å²) >= 11 is 6.06. The first kappa shape index (κ1) is 19.9. The highest BCUT2D eigenvalue weighted by Gasteiger charge is 2.18. The van der Waals surface area contributed by atoms with Crippen LogP contribution in [0.1, 0.15) is 16.8 Å². The summed E-state index contributed by atoms with van der Waals surface area (Å²) in [5.74, 6) is 0.904. The molecule has 0 spiro atoms. The number of methoxy groups -OCH3 is 1. The molecule has 8 heteroatoms. The van der Waals surface area contributed by atoms with E-state index in [1.54, 1.807) is 49.0 Å². The van der Waals surface area contributed by atoms with E-state index in [2.05, 4.69) is 10.1 Å². The summed E-state index contributed by atoms with van der Waals surface area (Å²) in [5, 5.41) is 5.78. The van der Waals surface area contributed by atoms with Crippen LogP contribution in [0, 0.1) is 13.8 Å². The lowest BCUT2D eigenvalue weighted by Gasteiger charge is -2.19. The van der Waals surface area contributed by atoms with Crippen LogP contribution in [0.5, 0.6) is 11.6 Å². The first-order chi connectivity index (χ1) is 13.3. The molecule has 7 nitrogen and oxygen atoms in total. The number of carbonyl (C=O) groups is 1. The first-order valence-corrected chi connectivity index (χ1v) is 9.18. The third kappa shape index (κ3) is 4.04. The van der Waals surface area contributed by atoms with Gasteiger partial charge in [0.2, 0.25) is 5.88 Å². The van der Waals surface area contributed by atoms with Crippen molar-refractivity contribution in [2.24, 2.45) is 7.05 Å². The first-order valence-electron chi connectivity index (χ1n) is 8.80. The van der Waals surface area contributed by atoms with Crippen LogP contribution in [0.2, 0.25) is 5.02 Å². The highest BCUT2D eigenvalue weighted by molar-refractivity contribution is 6.30. The fourth-order valence-corrected chi connectivity index (χ4v) is 3.30. The molecular weight excluding hydrogens is 380 g/mol. The maximum Gasteiger partial charge on any atom is 0.260 e. The fraction of sp³-hybridized carbons (Fsp3) is 0.350. The van der Waals surface area contributed by atoms with Gasteiger partial charge in [0, 0.05) is 36.9 Å². The molecule has 0 radical (unpaired) electrons. The van der Waals surface area contributed by atoms with Gasteiger partial charge in [-0.05, 0) is 43.7 Å². The summed E-state index contributed by atoms with van der Waals surface area (Å²) in [6, 6.07) is 7.29. The molecule has 1 amide bonds. The molecule has 0 saturated heterocycles. The van der Waals surface area contributed by atoms with Gasteiger partial charge in [-0.1, -0.05) is 11.6 Å². The molecular formula is C20H23ClN4O3. The van der Waals surface area contributed by atoms with Gasteiger partial charge in [0.25, 0.3) is 5.91 Å². The second-order valence-electron chi connectivity index (χ2n) is 6.70. The van der Waals surface area contributed by atoms with Gasteiger partial charge < -0.3 is 14.4 Å². The number of likely N-dealkylation sites (N-methyl/N-ethyl adjacent to an activating group) is 1. The van der Waals surface area contributed by atoms with Crippen molar-refractivity contribution in [1.29, 1.82) is 0 Å². The molecule has 0 bridgehead atoms. The van der Waals surface area contributed by atoms with Gasteiger partial charge >= 0.3 is 0 Å². The predicted molar refractivity (Wildman–Crippen MR) is 108 cm³/mol. The maximum absolute atomic E-state index is 12.6. The number of nitrogens with zero attached hydrogens (tertiary/aromatic N) is 4. The zero-order chi connectivity index (χ0) is 20.4. The quantitative estimate of drug-likeness (QED) is 0.632. The number of rotatable bonds is 6. The molecule has 0 fully saturated rings. The minimum Gasteiger partial charge on any atom is -0.496 e. The topological polar surface area (TPSA) is 69.5 Å². The number of benzene rings is 1. The normalized spacial score (nSPS) is 10.9. The molecule has 0 atom stereocenters. The van der Waals surface area contributed by atoms with Gasteiger partial charge in [0.15, 0.2) is 12.3 Å². The number of aromatic nitrogens is 3. The van der Waals surface area contributed by atoms with Gasteiger partial charge in [0.1, 0.15) is 5.75 Å². The Morgan fingerprint density at radius 3 is 2.75 bits per heavy atom. The number of aryl methyl sites for hydroxylation is 3. The highest BCUT2D eigenvalue weighted by atomic mass is 35.5. The lowest BCUT2D eigenvalue weighted by Crippen LogP contribution is -2.31. The molecule has 2 aromatic heterocycles. The van der Waals surface area contributed by atoms with Crippen LogP contribution in [0.4, 0.5) is 0 Å². The van der Waals surface area contributed by atoms with Crippen molar-refractivity contribution >= 4 is 28.5 Å². The Morgan fingerprint density at radius 2 is 2.04 bits per heavy atom. The molecule has 28 heavy (non-hydrogen) atoms. The summed E-state index contributed by atoms with van der Waals surface area (Å²) in [6.45, 7) is 4.14. The Balaban J connectivity index is 1.72.